The highest BCUT2D eigenvalue weighted by Crippen LogP contribution is 2.17. The van der Waals surface area contributed by atoms with Gasteiger partial charge >= 0.3 is 0 Å². The van der Waals surface area contributed by atoms with E-state index in [0.717, 1.165) is 0 Å². The van der Waals surface area contributed by atoms with Crippen molar-refractivity contribution in [1.82, 2.24) is 4.90 Å². The molecule has 0 spiro atoms. The van der Waals surface area contributed by atoms with Gasteiger partial charge in [-0.2, -0.15) is 0 Å². The Morgan fingerprint density at radius 2 is 1.93 bits per heavy atom. The van der Waals surface area contributed by atoms with E-state index in [1.54, 1.807) is 60.5 Å². The molecule has 0 aliphatic carbocycles. The lowest BCUT2D eigenvalue weighted by molar-refractivity contribution is 0.0787. The fourth-order valence-corrected chi connectivity index (χ4v) is 2.88. The van der Waals surface area contributed by atoms with Crippen molar-refractivity contribution < 1.29 is 18.7 Å². The summed E-state index contributed by atoms with van der Waals surface area (Å²) in [6, 6.07) is 17.2. The second-order valence-corrected chi connectivity index (χ2v) is 6.83. The number of benzene rings is 2. The fourth-order valence-electron chi connectivity index (χ4n) is 2.70. The third kappa shape index (κ3) is 5.86. The van der Waals surface area contributed by atoms with Crippen molar-refractivity contribution in [2.24, 2.45) is 0 Å². The van der Waals surface area contributed by atoms with Crippen molar-refractivity contribution in [2.75, 3.05) is 25.5 Å². The van der Waals surface area contributed by atoms with Gasteiger partial charge in [0, 0.05) is 29.9 Å². The molecule has 1 aromatic heterocycles. The van der Waals surface area contributed by atoms with Gasteiger partial charge in [0.15, 0.2) is 5.76 Å². The highest BCUT2D eigenvalue weighted by Gasteiger charge is 2.14. The number of hydrogen-bond donors (Lipinski definition) is 1. The molecule has 1 heterocycles. The Kier molecular flexibility index (Phi) is 6.92. The third-order valence-corrected chi connectivity index (χ3v) is 4.40. The van der Waals surface area contributed by atoms with Crippen LogP contribution in [0.4, 0.5) is 5.69 Å². The molecule has 0 radical (unpaired) electrons. The molecule has 0 aliphatic rings. The summed E-state index contributed by atoms with van der Waals surface area (Å²) in [7, 11) is 1.73. The number of furan rings is 1. The zero-order valence-corrected chi connectivity index (χ0v) is 16.7. The minimum Gasteiger partial charge on any atom is -0.493 e. The average Bonchev–Trinajstić information content (AvgIpc) is 3.26. The van der Waals surface area contributed by atoms with E-state index in [1.165, 1.54) is 6.26 Å². The van der Waals surface area contributed by atoms with Crippen LogP contribution in [0, 0.1) is 0 Å². The molecule has 3 rings (SSSR count). The Labute approximate surface area is 174 Å². The van der Waals surface area contributed by atoms with Crippen molar-refractivity contribution in [1.29, 1.82) is 0 Å². The molecule has 150 valence electrons. The molecule has 1 N–H and O–H groups in total. The molecule has 3 aromatic rings. The summed E-state index contributed by atoms with van der Waals surface area (Å²) in [5.74, 6) is 0.401. The minimum atomic E-state index is -0.369. The maximum atomic E-state index is 12.7. The van der Waals surface area contributed by atoms with Crippen LogP contribution in [-0.2, 0) is 0 Å². The molecule has 7 heteroatoms. The van der Waals surface area contributed by atoms with Crippen LogP contribution in [0.1, 0.15) is 27.3 Å². The van der Waals surface area contributed by atoms with Gasteiger partial charge in [-0.25, -0.2) is 0 Å². The first-order chi connectivity index (χ1) is 14.0. The van der Waals surface area contributed by atoms with Gasteiger partial charge in [0.1, 0.15) is 5.75 Å². The molecule has 0 saturated carbocycles. The number of ether oxygens (including phenoxy) is 1. The topological polar surface area (TPSA) is 71.8 Å². The van der Waals surface area contributed by atoms with E-state index in [-0.39, 0.29) is 17.6 Å². The third-order valence-electron chi connectivity index (χ3n) is 4.16. The molecule has 0 atom stereocenters. The molecular formula is C22H21ClN2O4. The summed E-state index contributed by atoms with van der Waals surface area (Å²) in [5, 5.41) is 3.34. The number of rotatable bonds is 8. The Morgan fingerprint density at radius 1 is 1.10 bits per heavy atom. The number of carbonyl (C=O) groups excluding carboxylic acids is 2. The first-order valence-electron chi connectivity index (χ1n) is 9.11. The molecule has 2 aromatic carbocycles. The van der Waals surface area contributed by atoms with Crippen molar-refractivity contribution in [3.8, 4) is 5.75 Å². The zero-order chi connectivity index (χ0) is 20.6. The van der Waals surface area contributed by atoms with Crippen LogP contribution in [0.2, 0.25) is 5.02 Å². The zero-order valence-electron chi connectivity index (χ0n) is 15.9. The van der Waals surface area contributed by atoms with Crippen LogP contribution in [0.3, 0.4) is 0 Å². The van der Waals surface area contributed by atoms with Crippen molar-refractivity contribution in [3.05, 3.63) is 83.3 Å². The van der Waals surface area contributed by atoms with E-state index in [2.05, 4.69) is 5.32 Å². The van der Waals surface area contributed by atoms with E-state index < -0.39 is 0 Å². The predicted molar refractivity (Wildman–Crippen MR) is 112 cm³/mol. The SMILES string of the molecule is CN(CCCOc1cccc(Cl)c1)C(=O)c1cccc(NC(=O)c2ccco2)c1. The van der Waals surface area contributed by atoms with Gasteiger partial charge in [-0.1, -0.05) is 23.7 Å². The van der Waals surface area contributed by atoms with E-state index in [1.807, 2.05) is 12.1 Å². The summed E-state index contributed by atoms with van der Waals surface area (Å²) < 4.78 is 10.7. The molecular weight excluding hydrogens is 392 g/mol. The standard InChI is InChI=1S/C22H21ClN2O4/c1-25(11-5-13-28-19-9-3-7-17(23)15-19)22(27)16-6-2-8-18(14-16)24-21(26)20-10-4-12-29-20/h2-4,6-10,12,14-15H,5,11,13H2,1H3,(H,24,26). The average molecular weight is 413 g/mol. The highest BCUT2D eigenvalue weighted by atomic mass is 35.5. The lowest BCUT2D eigenvalue weighted by atomic mass is 10.1. The van der Waals surface area contributed by atoms with Gasteiger partial charge in [0.05, 0.1) is 12.9 Å². The number of hydrogen-bond acceptors (Lipinski definition) is 4. The van der Waals surface area contributed by atoms with Gasteiger partial charge in [0.2, 0.25) is 0 Å². The van der Waals surface area contributed by atoms with Gasteiger partial charge in [-0.3, -0.25) is 9.59 Å². The number of nitrogens with one attached hydrogen (secondary N) is 1. The summed E-state index contributed by atoms with van der Waals surface area (Å²) in [6.45, 7) is 1.000. The number of amides is 2. The maximum absolute atomic E-state index is 12.7. The van der Waals surface area contributed by atoms with Crippen LogP contribution in [0.5, 0.6) is 5.75 Å². The normalized spacial score (nSPS) is 10.4. The molecule has 29 heavy (non-hydrogen) atoms. The fraction of sp³-hybridized carbons (Fsp3) is 0.182. The van der Waals surface area contributed by atoms with Gasteiger partial charge < -0.3 is 19.4 Å². The number of anilines is 1. The lowest BCUT2D eigenvalue weighted by Crippen LogP contribution is -2.28. The minimum absolute atomic E-state index is 0.137. The number of nitrogens with zero attached hydrogens (tertiary/aromatic N) is 1. The molecule has 6 nitrogen and oxygen atoms in total. The monoisotopic (exact) mass is 412 g/mol. The van der Waals surface area contributed by atoms with Crippen molar-refractivity contribution >= 4 is 29.1 Å². The predicted octanol–water partition coefficient (Wildman–Crippen LogP) is 4.73. The highest BCUT2D eigenvalue weighted by molar-refractivity contribution is 6.30. The van der Waals surface area contributed by atoms with E-state index in [0.29, 0.717) is 41.6 Å². The summed E-state index contributed by atoms with van der Waals surface area (Å²) in [4.78, 5) is 26.4. The largest absolute Gasteiger partial charge is 0.493 e. The second-order valence-electron chi connectivity index (χ2n) is 6.40. The number of halogens is 1. The van der Waals surface area contributed by atoms with Crippen molar-refractivity contribution in [3.63, 3.8) is 0 Å². The Balaban J connectivity index is 1.50. The molecule has 0 saturated heterocycles. The molecule has 0 fully saturated rings. The van der Waals surface area contributed by atoms with E-state index in [4.69, 9.17) is 20.8 Å². The Morgan fingerprint density at radius 3 is 2.69 bits per heavy atom. The summed E-state index contributed by atoms with van der Waals surface area (Å²) >= 11 is 5.93. The smallest absolute Gasteiger partial charge is 0.291 e. The molecule has 0 unspecified atom stereocenters. The van der Waals surface area contributed by atoms with Crippen LogP contribution >= 0.6 is 11.6 Å². The Hall–Kier alpha value is -3.25. The first kappa shape index (κ1) is 20.5. The Bertz CT molecular complexity index is 972. The second kappa shape index (κ2) is 9.80. The van der Waals surface area contributed by atoms with Crippen LogP contribution < -0.4 is 10.1 Å². The van der Waals surface area contributed by atoms with Gasteiger partial charge in [-0.15, -0.1) is 0 Å². The van der Waals surface area contributed by atoms with Crippen LogP contribution in [0.25, 0.3) is 0 Å². The summed E-state index contributed by atoms with van der Waals surface area (Å²) in [5.41, 5.74) is 1.01. The molecule has 0 bridgehead atoms. The van der Waals surface area contributed by atoms with Crippen molar-refractivity contribution in [2.45, 2.75) is 6.42 Å². The maximum Gasteiger partial charge on any atom is 0.291 e. The molecule has 0 aliphatic heterocycles. The van der Waals surface area contributed by atoms with E-state index in [9.17, 15) is 9.59 Å². The van der Waals surface area contributed by atoms with Crippen LogP contribution in [0.15, 0.2) is 71.3 Å². The molecule has 2 amide bonds. The van der Waals surface area contributed by atoms with Crippen LogP contribution in [-0.4, -0.2) is 36.9 Å². The van der Waals surface area contributed by atoms with Gasteiger partial charge in [-0.05, 0) is 55.0 Å². The summed E-state index contributed by atoms with van der Waals surface area (Å²) in [6.07, 6.45) is 2.10. The van der Waals surface area contributed by atoms with Gasteiger partial charge in [0.25, 0.3) is 11.8 Å². The first-order valence-corrected chi connectivity index (χ1v) is 9.49. The van der Waals surface area contributed by atoms with E-state index >= 15 is 0 Å². The lowest BCUT2D eigenvalue weighted by Gasteiger charge is -2.18. The quantitative estimate of drug-likeness (QED) is 0.543. The number of carbonyl (C=O) groups is 2.